The largest absolute Gasteiger partial charge is 0.375 e. The molecule has 0 aliphatic rings. The second-order valence-electron chi connectivity index (χ2n) is 9.37. The van der Waals surface area contributed by atoms with Crippen LogP contribution >= 0.6 is 11.8 Å². The van der Waals surface area contributed by atoms with Crippen LogP contribution in [0, 0.1) is 11.8 Å². The molecule has 3 atom stereocenters. The van der Waals surface area contributed by atoms with Crippen molar-refractivity contribution in [1.82, 2.24) is 16.1 Å². The zero-order valence-electron chi connectivity index (χ0n) is 22.9. The van der Waals surface area contributed by atoms with Gasteiger partial charge in [0.1, 0.15) is 12.8 Å². The molecule has 9 nitrogen and oxygen atoms in total. The lowest BCUT2D eigenvalue weighted by Gasteiger charge is -2.27. The Hall–Kier alpha value is -3.99. The minimum absolute atomic E-state index is 0.178. The Kier molecular flexibility index (Phi) is 13.0. The molecule has 0 saturated heterocycles. The van der Waals surface area contributed by atoms with Crippen LogP contribution in [0.1, 0.15) is 16.7 Å². The van der Waals surface area contributed by atoms with E-state index in [2.05, 4.69) is 15.6 Å². The van der Waals surface area contributed by atoms with Crippen LogP contribution in [0.15, 0.2) is 96.0 Å². The van der Waals surface area contributed by atoms with E-state index in [0.717, 1.165) is 16.7 Å². The molecule has 0 saturated carbocycles. The fourth-order valence-corrected chi connectivity index (χ4v) is 5.68. The summed E-state index contributed by atoms with van der Waals surface area (Å²) in [5.74, 6) is -2.81. The predicted molar refractivity (Wildman–Crippen MR) is 161 cm³/mol. The SMILES string of the molecule is CNC(=O)[C@H](Cc1ccccc1)NC(=O)[C@H](Cc1ccccc1)[C@H](CSC/C(=N/CO)c1ccccc1)C(=O)NO. The number of aliphatic hydroxyl groups is 1. The summed E-state index contributed by atoms with van der Waals surface area (Å²) in [6, 6.07) is 27.1. The molecule has 0 aliphatic heterocycles. The second-order valence-corrected chi connectivity index (χ2v) is 10.4. The van der Waals surface area contributed by atoms with Gasteiger partial charge >= 0.3 is 0 Å². The molecule has 3 aromatic carbocycles. The van der Waals surface area contributed by atoms with E-state index in [9.17, 15) is 24.7 Å². The molecule has 216 valence electrons. The van der Waals surface area contributed by atoms with Crippen molar-refractivity contribution in [2.75, 3.05) is 25.3 Å². The number of hydrogen-bond donors (Lipinski definition) is 5. The van der Waals surface area contributed by atoms with Crippen molar-refractivity contribution in [3.63, 3.8) is 0 Å². The zero-order valence-corrected chi connectivity index (χ0v) is 23.7. The Morgan fingerprint density at radius 3 is 1.88 bits per heavy atom. The van der Waals surface area contributed by atoms with Crippen molar-refractivity contribution in [2.45, 2.75) is 18.9 Å². The van der Waals surface area contributed by atoms with Crippen LogP contribution in [0.25, 0.3) is 0 Å². The molecule has 3 amide bonds. The lowest BCUT2D eigenvalue weighted by molar-refractivity contribution is -0.140. The van der Waals surface area contributed by atoms with Gasteiger partial charge in [0.15, 0.2) is 0 Å². The summed E-state index contributed by atoms with van der Waals surface area (Å²) in [4.78, 5) is 43.8. The van der Waals surface area contributed by atoms with Crippen molar-refractivity contribution in [3.05, 3.63) is 108 Å². The predicted octanol–water partition coefficient (Wildman–Crippen LogP) is 2.61. The highest BCUT2D eigenvalue weighted by atomic mass is 32.2. The molecule has 0 fully saturated rings. The number of nitrogens with one attached hydrogen (secondary N) is 3. The molecular weight excluding hydrogens is 540 g/mol. The van der Waals surface area contributed by atoms with Gasteiger partial charge in [-0.25, -0.2) is 5.48 Å². The average molecular weight is 577 g/mol. The van der Waals surface area contributed by atoms with Gasteiger partial charge in [-0.2, -0.15) is 11.8 Å². The Morgan fingerprint density at radius 1 is 0.780 bits per heavy atom. The Bertz CT molecular complexity index is 1280. The van der Waals surface area contributed by atoms with E-state index in [1.165, 1.54) is 18.8 Å². The van der Waals surface area contributed by atoms with E-state index in [1.807, 2.05) is 91.0 Å². The highest BCUT2D eigenvalue weighted by molar-refractivity contribution is 8.00. The summed E-state index contributed by atoms with van der Waals surface area (Å²) < 4.78 is 0. The number of carbonyl (C=O) groups excluding carboxylic acids is 3. The molecule has 0 aromatic heterocycles. The number of hydroxylamine groups is 1. The van der Waals surface area contributed by atoms with Gasteiger partial charge in [0, 0.05) is 25.0 Å². The quantitative estimate of drug-likeness (QED) is 0.107. The normalized spacial score (nSPS) is 13.5. The van der Waals surface area contributed by atoms with Gasteiger partial charge in [-0.05, 0) is 23.1 Å². The molecule has 0 unspecified atom stereocenters. The van der Waals surface area contributed by atoms with E-state index in [0.29, 0.717) is 11.5 Å². The minimum Gasteiger partial charge on any atom is -0.375 e. The lowest BCUT2D eigenvalue weighted by Crippen LogP contribution is -2.51. The standard InChI is InChI=1S/C31H36N4O5S/c1-32-31(39)27(18-23-13-7-3-8-14-23)34-29(37)25(17-22-11-5-2-6-12-22)26(30(38)35-40)19-41-20-28(33-21-36)24-15-9-4-10-16-24/h2-16,25-27,36,40H,17-21H2,1H3,(H,32,39)(H,34,37)(H,35,38)/b33-28-/t25-,26+,27+/m1/s1. The number of likely N-dealkylation sites (N-methyl/N-ethyl adjacent to an activating group) is 1. The maximum atomic E-state index is 13.8. The molecule has 10 heteroatoms. The highest BCUT2D eigenvalue weighted by Crippen LogP contribution is 2.24. The van der Waals surface area contributed by atoms with Crippen LogP contribution in [0.3, 0.4) is 0 Å². The fourth-order valence-electron chi connectivity index (χ4n) is 4.47. The van der Waals surface area contributed by atoms with Gasteiger partial charge in [0.2, 0.25) is 17.7 Å². The van der Waals surface area contributed by atoms with Crippen LogP contribution in [0.2, 0.25) is 0 Å². The lowest BCUT2D eigenvalue weighted by atomic mass is 9.86. The molecule has 0 radical (unpaired) electrons. The summed E-state index contributed by atoms with van der Waals surface area (Å²) in [6.07, 6.45) is 0.487. The van der Waals surface area contributed by atoms with Crippen LogP contribution in [0.4, 0.5) is 0 Å². The highest BCUT2D eigenvalue weighted by Gasteiger charge is 2.36. The number of aliphatic imine (C=N–C) groups is 1. The van der Waals surface area contributed by atoms with Gasteiger partial charge in [0.05, 0.1) is 17.5 Å². The van der Waals surface area contributed by atoms with Crippen molar-refractivity contribution in [2.24, 2.45) is 16.8 Å². The number of carbonyl (C=O) groups is 3. The molecule has 41 heavy (non-hydrogen) atoms. The van der Waals surface area contributed by atoms with Crippen molar-refractivity contribution >= 4 is 35.2 Å². The maximum absolute atomic E-state index is 13.8. The number of thioether (sulfide) groups is 1. The van der Waals surface area contributed by atoms with Gasteiger partial charge in [-0.3, -0.25) is 24.6 Å². The molecule has 3 rings (SSSR count). The number of aliphatic hydroxyl groups excluding tert-OH is 1. The first-order valence-electron chi connectivity index (χ1n) is 13.3. The van der Waals surface area contributed by atoms with Crippen LogP contribution < -0.4 is 16.1 Å². The number of rotatable bonds is 15. The first-order valence-corrected chi connectivity index (χ1v) is 14.4. The summed E-state index contributed by atoms with van der Waals surface area (Å²) >= 11 is 1.36. The van der Waals surface area contributed by atoms with Gasteiger partial charge in [0.25, 0.3) is 0 Å². The third-order valence-electron chi connectivity index (χ3n) is 6.63. The van der Waals surface area contributed by atoms with Crippen molar-refractivity contribution in [3.8, 4) is 0 Å². The first-order chi connectivity index (χ1) is 20.0. The second kappa shape index (κ2) is 17.0. The molecular formula is C31H36N4O5S. The fraction of sp³-hybridized carbons (Fsp3) is 0.290. The summed E-state index contributed by atoms with van der Waals surface area (Å²) in [6.45, 7) is -0.382. The molecule has 3 aromatic rings. The molecule has 0 aliphatic carbocycles. The van der Waals surface area contributed by atoms with Crippen LogP contribution in [-0.2, 0) is 27.2 Å². The van der Waals surface area contributed by atoms with E-state index >= 15 is 0 Å². The first kappa shape index (κ1) is 31.5. The Morgan fingerprint density at radius 2 is 1.34 bits per heavy atom. The zero-order chi connectivity index (χ0) is 29.5. The number of hydrogen-bond acceptors (Lipinski definition) is 7. The molecule has 5 N–H and O–H groups in total. The smallest absolute Gasteiger partial charge is 0.248 e. The number of amides is 3. The maximum Gasteiger partial charge on any atom is 0.248 e. The monoisotopic (exact) mass is 576 g/mol. The topological polar surface area (TPSA) is 140 Å². The summed E-state index contributed by atoms with van der Waals surface area (Å²) in [5.41, 5.74) is 4.92. The minimum atomic E-state index is -0.932. The van der Waals surface area contributed by atoms with E-state index in [-0.39, 0.29) is 31.2 Å². The summed E-state index contributed by atoms with van der Waals surface area (Å²) in [5, 5.41) is 24.5. The third-order valence-corrected chi connectivity index (χ3v) is 7.71. The van der Waals surface area contributed by atoms with Crippen LogP contribution in [-0.4, -0.2) is 65.1 Å². The van der Waals surface area contributed by atoms with Gasteiger partial charge in [-0.15, -0.1) is 0 Å². The van der Waals surface area contributed by atoms with Gasteiger partial charge in [-0.1, -0.05) is 91.0 Å². The molecule has 0 spiro atoms. The third kappa shape index (κ3) is 9.86. The van der Waals surface area contributed by atoms with Crippen LogP contribution in [0.5, 0.6) is 0 Å². The molecule has 0 bridgehead atoms. The number of nitrogens with zero attached hydrogens (tertiary/aromatic N) is 1. The summed E-state index contributed by atoms with van der Waals surface area (Å²) in [7, 11) is 1.50. The van der Waals surface area contributed by atoms with Crippen molar-refractivity contribution in [1.29, 1.82) is 0 Å². The van der Waals surface area contributed by atoms with Crippen molar-refractivity contribution < 1.29 is 24.7 Å². The number of benzene rings is 3. The Balaban J connectivity index is 1.85. The van der Waals surface area contributed by atoms with E-state index < -0.39 is 29.7 Å². The average Bonchev–Trinajstić information content (AvgIpc) is 3.02. The van der Waals surface area contributed by atoms with E-state index in [1.54, 1.807) is 5.48 Å². The van der Waals surface area contributed by atoms with Gasteiger partial charge < -0.3 is 15.7 Å². The molecule has 0 heterocycles. The Labute approximate surface area is 244 Å². The van der Waals surface area contributed by atoms with E-state index in [4.69, 9.17) is 0 Å².